The summed E-state index contributed by atoms with van der Waals surface area (Å²) in [6.45, 7) is 1.97. The Bertz CT molecular complexity index is 857. The lowest BCUT2D eigenvalue weighted by molar-refractivity contribution is -0.384. The number of aryl methyl sites for hydroxylation is 1. The van der Waals surface area contributed by atoms with Crippen molar-refractivity contribution in [2.24, 2.45) is 0 Å². The Hall–Kier alpha value is -3.09. The number of hydrogen-bond acceptors (Lipinski definition) is 6. The minimum absolute atomic E-state index is 0.0458. The fourth-order valence-corrected chi connectivity index (χ4v) is 2.10. The van der Waals surface area contributed by atoms with Crippen LogP contribution >= 0.6 is 0 Å². The summed E-state index contributed by atoms with van der Waals surface area (Å²) < 4.78 is 10.8. The van der Waals surface area contributed by atoms with Crippen molar-refractivity contribution in [3.63, 3.8) is 0 Å². The van der Waals surface area contributed by atoms with Gasteiger partial charge in [0, 0.05) is 6.07 Å². The number of methoxy groups -OCH3 is 1. The van der Waals surface area contributed by atoms with Crippen molar-refractivity contribution in [1.29, 1.82) is 0 Å². The SMILES string of the molecule is COc1cc([N+](=O)[O-])ccc1Nc1nc2cc(C)ccc2o1. The van der Waals surface area contributed by atoms with Gasteiger partial charge in [0.15, 0.2) is 5.58 Å². The van der Waals surface area contributed by atoms with E-state index in [2.05, 4.69) is 10.3 Å². The molecule has 0 aliphatic heterocycles. The Morgan fingerprint density at radius 1 is 1.27 bits per heavy atom. The van der Waals surface area contributed by atoms with E-state index in [9.17, 15) is 10.1 Å². The zero-order valence-corrected chi connectivity index (χ0v) is 12.0. The molecule has 7 nitrogen and oxygen atoms in total. The number of oxazole rings is 1. The van der Waals surface area contributed by atoms with Crippen LogP contribution in [0, 0.1) is 17.0 Å². The van der Waals surface area contributed by atoms with Crippen LogP contribution < -0.4 is 10.1 Å². The molecule has 1 N–H and O–H groups in total. The predicted molar refractivity (Wildman–Crippen MR) is 81.7 cm³/mol. The smallest absolute Gasteiger partial charge is 0.300 e. The average molecular weight is 299 g/mol. The molecule has 0 spiro atoms. The Balaban J connectivity index is 1.95. The van der Waals surface area contributed by atoms with Gasteiger partial charge in [-0.25, -0.2) is 0 Å². The van der Waals surface area contributed by atoms with E-state index in [-0.39, 0.29) is 5.69 Å². The van der Waals surface area contributed by atoms with Crippen LogP contribution in [-0.2, 0) is 0 Å². The van der Waals surface area contributed by atoms with Gasteiger partial charge in [-0.2, -0.15) is 4.98 Å². The van der Waals surface area contributed by atoms with Crippen LogP contribution in [0.1, 0.15) is 5.56 Å². The molecule has 3 rings (SSSR count). The fourth-order valence-electron chi connectivity index (χ4n) is 2.10. The van der Waals surface area contributed by atoms with Gasteiger partial charge in [-0.05, 0) is 30.7 Å². The normalized spacial score (nSPS) is 10.6. The summed E-state index contributed by atoms with van der Waals surface area (Å²) in [6.07, 6.45) is 0. The molecule has 0 saturated carbocycles. The van der Waals surface area contributed by atoms with Crippen molar-refractivity contribution in [2.45, 2.75) is 6.92 Å². The minimum atomic E-state index is -0.478. The summed E-state index contributed by atoms with van der Waals surface area (Å²) in [5.74, 6) is 0.340. The first-order valence-electron chi connectivity index (χ1n) is 6.53. The first-order valence-corrected chi connectivity index (χ1v) is 6.53. The Labute approximate surface area is 125 Å². The molecule has 112 valence electrons. The molecule has 22 heavy (non-hydrogen) atoms. The highest BCUT2D eigenvalue weighted by Gasteiger charge is 2.13. The number of nitro benzene ring substituents is 1. The van der Waals surface area contributed by atoms with Crippen LogP contribution in [0.15, 0.2) is 40.8 Å². The number of hydrogen-bond donors (Lipinski definition) is 1. The summed E-state index contributed by atoms with van der Waals surface area (Å²) >= 11 is 0. The summed E-state index contributed by atoms with van der Waals surface area (Å²) in [6, 6.07) is 10.3. The monoisotopic (exact) mass is 299 g/mol. The maximum atomic E-state index is 10.8. The predicted octanol–water partition coefficient (Wildman–Crippen LogP) is 3.80. The molecule has 0 fully saturated rings. The van der Waals surface area contributed by atoms with E-state index >= 15 is 0 Å². The lowest BCUT2D eigenvalue weighted by atomic mass is 10.2. The van der Waals surface area contributed by atoms with Gasteiger partial charge in [0.05, 0.1) is 23.8 Å². The molecular formula is C15H13N3O4. The van der Waals surface area contributed by atoms with E-state index in [0.29, 0.717) is 23.0 Å². The molecule has 3 aromatic rings. The number of nitrogens with one attached hydrogen (secondary N) is 1. The first-order chi connectivity index (χ1) is 10.6. The van der Waals surface area contributed by atoms with Crippen molar-refractivity contribution >= 4 is 28.5 Å². The van der Waals surface area contributed by atoms with Gasteiger partial charge >= 0.3 is 0 Å². The van der Waals surface area contributed by atoms with E-state index in [1.807, 2.05) is 25.1 Å². The highest BCUT2D eigenvalue weighted by atomic mass is 16.6. The number of fused-ring (bicyclic) bond motifs is 1. The van der Waals surface area contributed by atoms with Gasteiger partial charge in [-0.15, -0.1) is 0 Å². The highest BCUT2D eigenvalue weighted by molar-refractivity contribution is 5.76. The highest BCUT2D eigenvalue weighted by Crippen LogP contribution is 2.32. The minimum Gasteiger partial charge on any atom is -0.494 e. The van der Waals surface area contributed by atoms with E-state index in [1.165, 1.54) is 19.2 Å². The van der Waals surface area contributed by atoms with E-state index in [4.69, 9.17) is 9.15 Å². The second kappa shape index (κ2) is 5.36. The topological polar surface area (TPSA) is 90.4 Å². The molecule has 0 radical (unpaired) electrons. The van der Waals surface area contributed by atoms with Gasteiger partial charge in [-0.1, -0.05) is 6.07 Å². The van der Waals surface area contributed by atoms with Gasteiger partial charge in [0.2, 0.25) is 0 Å². The summed E-state index contributed by atoms with van der Waals surface area (Å²) in [5.41, 5.74) is 2.98. The van der Waals surface area contributed by atoms with Crippen molar-refractivity contribution < 1.29 is 14.1 Å². The van der Waals surface area contributed by atoms with Gasteiger partial charge < -0.3 is 14.5 Å². The van der Waals surface area contributed by atoms with Crippen LogP contribution in [0.3, 0.4) is 0 Å². The third-order valence-electron chi connectivity index (χ3n) is 3.18. The third-order valence-corrected chi connectivity index (χ3v) is 3.18. The van der Waals surface area contributed by atoms with Crippen molar-refractivity contribution in [3.05, 3.63) is 52.1 Å². The zero-order chi connectivity index (χ0) is 15.7. The number of nitrogens with zero attached hydrogens (tertiary/aromatic N) is 2. The molecule has 7 heteroatoms. The molecule has 0 atom stereocenters. The zero-order valence-electron chi connectivity index (χ0n) is 12.0. The Morgan fingerprint density at radius 2 is 2.09 bits per heavy atom. The molecule has 0 saturated heterocycles. The summed E-state index contributed by atoms with van der Waals surface area (Å²) in [7, 11) is 1.44. The first kappa shape index (κ1) is 13.9. The van der Waals surface area contributed by atoms with Crippen molar-refractivity contribution in [3.8, 4) is 5.75 Å². The van der Waals surface area contributed by atoms with Crippen LogP contribution in [0.2, 0.25) is 0 Å². The van der Waals surface area contributed by atoms with Crippen LogP contribution in [-0.4, -0.2) is 17.0 Å². The van der Waals surface area contributed by atoms with E-state index in [0.717, 1.165) is 11.1 Å². The summed E-state index contributed by atoms with van der Waals surface area (Å²) in [5, 5.41) is 13.8. The maximum absolute atomic E-state index is 10.8. The fraction of sp³-hybridized carbons (Fsp3) is 0.133. The van der Waals surface area contributed by atoms with Gasteiger partial charge in [0.1, 0.15) is 11.3 Å². The van der Waals surface area contributed by atoms with Gasteiger partial charge in [-0.3, -0.25) is 10.1 Å². The van der Waals surface area contributed by atoms with Crippen LogP contribution in [0.25, 0.3) is 11.1 Å². The number of rotatable bonds is 4. The molecule has 0 aliphatic rings. The molecule has 0 aliphatic carbocycles. The van der Waals surface area contributed by atoms with Crippen molar-refractivity contribution in [1.82, 2.24) is 4.98 Å². The Kier molecular flexibility index (Phi) is 3.38. The van der Waals surface area contributed by atoms with Crippen LogP contribution in [0.5, 0.6) is 5.75 Å². The molecule has 1 aromatic heterocycles. The van der Waals surface area contributed by atoms with Gasteiger partial charge in [0.25, 0.3) is 11.7 Å². The molecular weight excluding hydrogens is 286 g/mol. The second-order valence-corrected chi connectivity index (χ2v) is 4.76. The number of benzene rings is 2. The Morgan fingerprint density at radius 3 is 2.82 bits per heavy atom. The molecule has 2 aromatic carbocycles. The van der Waals surface area contributed by atoms with E-state index < -0.39 is 4.92 Å². The molecule has 0 bridgehead atoms. The number of non-ortho nitro benzene ring substituents is 1. The molecule has 0 amide bonds. The number of nitro groups is 1. The second-order valence-electron chi connectivity index (χ2n) is 4.76. The lowest BCUT2D eigenvalue weighted by Crippen LogP contribution is -1.96. The molecule has 1 heterocycles. The standard InChI is InChI=1S/C15H13N3O4/c1-9-3-6-13-12(7-9)17-15(22-13)16-11-5-4-10(18(19)20)8-14(11)21-2/h3-8H,1-2H3,(H,16,17). The number of anilines is 2. The van der Waals surface area contributed by atoms with Crippen LogP contribution in [0.4, 0.5) is 17.4 Å². The maximum Gasteiger partial charge on any atom is 0.300 e. The quantitative estimate of drug-likeness (QED) is 0.582. The van der Waals surface area contributed by atoms with E-state index in [1.54, 1.807) is 6.07 Å². The largest absolute Gasteiger partial charge is 0.494 e. The third kappa shape index (κ3) is 2.56. The molecule has 0 unspecified atom stereocenters. The number of aromatic nitrogens is 1. The van der Waals surface area contributed by atoms with Crippen molar-refractivity contribution in [2.75, 3.05) is 12.4 Å². The number of ether oxygens (including phenoxy) is 1. The average Bonchev–Trinajstić information content (AvgIpc) is 2.88. The summed E-state index contributed by atoms with van der Waals surface area (Å²) in [4.78, 5) is 14.6. The lowest BCUT2D eigenvalue weighted by Gasteiger charge is -2.07.